The molecule has 1 aliphatic rings. The fourth-order valence-corrected chi connectivity index (χ4v) is 2.49. The summed E-state index contributed by atoms with van der Waals surface area (Å²) in [6, 6.07) is 2.16. The van der Waals surface area contributed by atoms with Crippen molar-refractivity contribution in [1.82, 2.24) is 5.32 Å². The van der Waals surface area contributed by atoms with E-state index in [1.165, 1.54) is 18.4 Å². The van der Waals surface area contributed by atoms with Crippen LogP contribution < -0.4 is 5.32 Å². The summed E-state index contributed by atoms with van der Waals surface area (Å²) in [4.78, 5) is 0. The van der Waals surface area contributed by atoms with E-state index in [0.717, 1.165) is 6.54 Å². The van der Waals surface area contributed by atoms with Crippen LogP contribution in [-0.4, -0.2) is 19.7 Å². The molecule has 3 heteroatoms. The van der Waals surface area contributed by atoms with Crippen molar-refractivity contribution in [2.75, 3.05) is 13.6 Å². The van der Waals surface area contributed by atoms with Crippen LogP contribution in [0.25, 0.3) is 0 Å². The molecule has 1 fully saturated rings. The van der Waals surface area contributed by atoms with Gasteiger partial charge in [0.05, 0.1) is 12.2 Å². The molecule has 2 rings (SSSR count). The van der Waals surface area contributed by atoms with E-state index in [4.69, 9.17) is 4.74 Å². The van der Waals surface area contributed by atoms with Gasteiger partial charge < -0.3 is 10.1 Å². The molecule has 13 heavy (non-hydrogen) atoms. The molecule has 0 saturated carbocycles. The number of rotatable bonds is 3. The summed E-state index contributed by atoms with van der Waals surface area (Å²) < 4.78 is 5.89. The zero-order valence-corrected chi connectivity index (χ0v) is 8.64. The first kappa shape index (κ1) is 9.19. The van der Waals surface area contributed by atoms with E-state index in [1.54, 1.807) is 11.3 Å². The van der Waals surface area contributed by atoms with Crippen LogP contribution >= 0.6 is 11.3 Å². The maximum atomic E-state index is 5.89. The van der Waals surface area contributed by atoms with Gasteiger partial charge >= 0.3 is 0 Å². The van der Waals surface area contributed by atoms with Crippen molar-refractivity contribution in [3.8, 4) is 0 Å². The summed E-state index contributed by atoms with van der Waals surface area (Å²) in [5.74, 6) is 0. The molecule has 0 aliphatic carbocycles. The highest BCUT2D eigenvalue weighted by Crippen LogP contribution is 2.33. The molecule has 0 amide bonds. The van der Waals surface area contributed by atoms with E-state index in [0.29, 0.717) is 12.2 Å². The molecule has 2 unspecified atom stereocenters. The number of likely N-dealkylation sites (N-methyl/N-ethyl adjacent to an activating group) is 1. The van der Waals surface area contributed by atoms with E-state index in [9.17, 15) is 0 Å². The zero-order chi connectivity index (χ0) is 9.10. The van der Waals surface area contributed by atoms with Gasteiger partial charge in [-0.15, -0.1) is 0 Å². The Bertz CT molecular complexity index is 247. The average Bonchev–Trinajstić information content (AvgIpc) is 2.70. The highest BCUT2D eigenvalue weighted by molar-refractivity contribution is 7.07. The number of thiophene rings is 1. The van der Waals surface area contributed by atoms with Gasteiger partial charge in [-0.3, -0.25) is 0 Å². The lowest BCUT2D eigenvalue weighted by Gasteiger charge is -2.11. The second-order valence-corrected chi connectivity index (χ2v) is 4.22. The number of ether oxygens (including phenoxy) is 1. The maximum Gasteiger partial charge on any atom is 0.0838 e. The average molecular weight is 197 g/mol. The molecular weight excluding hydrogens is 182 g/mol. The Morgan fingerprint density at radius 1 is 1.62 bits per heavy atom. The summed E-state index contributed by atoms with van der Waals surface area (Å²) >= 11 is 1.75. The lowest BCUT2D eigenvalue weighted by atomic mass is 10.1. The highest BCUT2D eigenvalue weighted by atomic mass is 32.1. The molecule has 0 radical (unpaired) electrons. The monoisotopic (exact) mass is 197 g/mol. The second kappa shape index (κ2) is 4.22. The largest absolute Gasteiger partial charge is 0.369 e. The minimum Gasteiger partial charge on any atom is -0.369 e. The zero-order valence-electron chi connectivity index (χ0n) is 7.82. The standard InChI is InChI=1S/C10H15NOS/c1-11-6-9-2-3-10(12-9)8-4-5-13-7-8/h4-5,7,9-11H,2-3,6H2,1H3. The Kier molecular flexibility index (Phi) is 2.98. The summed E-state index contributed by atoms with van der Waals surface area (Å²) in [5, 5.41) is 7.46. The SMILES string of the molecule is CNCC1CCC(c2ccsc2)O1. The van der Waals surface area contributed by atoms with Crippen molar-refractivity contribution in [3.05, 3.63) is 22.4 Å². The fraction of sp³-hybridized carbons (Fsp3) is 0.600. The summed E-state index contributed by atoms with van der Waals surface area (Å²) in [6.07, 6.45) is 3.12. The van der Waals surface area contributed by atoms with Crippen molar-refractivity contribution in [2.24, 2.45) is 0 Å². The van der Waals surface area contributed by atoms with Crippen molar-refractivity contribution in [2.45, 2.75) is 25.0 Å². The predicted octanol–water partition coefficient (Wildman–Crippen LogP) is 2.19. The van der Waals surface area contributed by atoms with Gasteiger partial charge in [0.25, 0.3) is 0 Å². The van der Waals surface area contributed by atoms with Gasteiger partial charge in [-0.2, -0.15) is 11.3 Å². The van der Waals surface area contributed by atoms with Crippen molar-refractivity contribution < 1.29 is 4.74 Å². The topological polar surface area (TPSA) is 21.3 Å². The molecule has 0 aromatic carbocycles. The van der Waals surface area contributed by atoms with Crippen LogP contribution in [0.3, 0.4) is 0 Å². The molecule has 1 aromatic heterocycles. The normalized spacial score (nSPS) is 28.1. The number of hydrogen-bond acceptors (Lipinski definition) is 3. The van der Waals surface area contributed by atoms with Crippen LogP contribution in [0.1, 0.15) is 24.5 Å². The number of nitrogens with one attached hydrogen (secondary N) is 1. The Balaban J connectivity index is 1.91. The van der Waals surface area contributed by atoms with Crippen LogP contribution in [0, 0.1) is 0 Å². The van der Waals surface area contributed by atoms with Crippen molar-refractivity contribution in [1.29, 1.82) is 0 Å². The Morgan fingerprint density at radius 3 is 3.23 bits per heavy atom. The first-order chi connectivity index (χ1) is 6.40. The molecule has 0 bridgehead atoms. The third-order valence-electron chi connectivity index (χ3n) is 2.45. The second-order valence-electron chi connectivity index (χ2n) is 3.44. The third kappa shape index (κ3) is 2.10. The van der Waals surface area contributed by atoms with Crippen LogP contribution in [-0.2, 0) is 4.74 Å². The smallest absolute Gasteiger partial charge is 0.0838 e. The van der Waals surface area contributed by atoms with E-state index in [-0.39, 0.29) is 0 Å². The van der Waals surface area contributed by atoms with E-state index in [1.807, 2.05) is 7.05 Å². The molecule has 2 atom stereocenters. The van der Waals surface area contributed by atoms with Gasteiger partial charge in [-0.1, -0.05) is 0 Å². The summed E-state index contributed by atoms with van der Waals surface area (Å²) in [5.41, 5.74) is 1.35. The van der Waals surface area contributed by atoms with E-state index >= 15 is 0 Å². The Morgan fingerprint density at radius 2 is 2.54 bits per heavy atom. The molecular formula is C10H15NOS. The van der Waals surface area contributed by atoms with Crippen LogP contribution in [0.5, 0.6) is 0 Å². The lowest BCUT2D eigenvalue weighted by Crippen LogP contribution is -2.22. The van der Waals surface area contributed by atoms with Gasteiger partial charge in [0.2, 0.25) is 0 Å². The minimum atomic E-state index is 0.351. The quantitative estimate of drug-likeness (QED) is 0.802. The molecule has 1 aliphatic heterocycles. The van der Waals surface area contributed by atoms with Crippen molar-refractivity contribution >= 4 is 11.3 Å². The Hall–Kier alpha value is -0.380. The van der Waals surface area contributed by atoms with E-state index < -0.39 is 0 Å². The molecule has 1 saturated heterocycles. The van der Waals surface area contributed by atoms with Crippen molar-refractivity contribution in [3.63, 3.8) is 0 Å². The van der Waals surface area contributed by atoms with Gasteiger partial charge in [0.15, 0.2) is 0 Å². The Labute approximate surface area is 82.9 Å². The van der Waals surface area contributed by atoms with Gasteiger partial charge in [0.1, 0.15) is 0 Å². The molecule has 2 heterocycles. The summed E-state index contributed by atoms with van der Waals surface area (Å²) in [7, 11) is 1.97. The summed E-state index contributed by atoms with van der Waals surface area (Å²) in [6.45, 7) is 0.973. The van der Waals surface area contributed by atoms with Gasteiger partial charge in [0, 0.05) is 6.54 Å². The molecule has 1 aromatic rings. The fourth-order valence-electron chi connectivity index (χ4n) is 1.79. The maximum absolute atomic E-state index is 5.89. The van der Waals surface area contributed by atoms with Crippen LogP contribution in [0.2, 0.25) is 0 Å². The number of hydrogen-bond donors (Lipinski definition) is 1. The molecule has 0 spiro atoms. The first-order valence-electron chi connectivity index (χ1n) is 4.72. The van der Waals surface area contributed by atoms with E-state index in [2.05, 4.69) is 22.1 Å². The minimum absolute atomic E-state index is 0.351. The molecule has 1 N–H and O–H groups in total. The highest BCUT2D eigenvalue weighted by Gasteiger charge is 2.25. The molecule has 2 nitrogen and oxygen atoms in total. The first-order valence-corrected chi connectivity index (χ1v) is 5.66. The van der Waals surface area contributed by atoms with Gasteiger partial charge in [-0.25, -0.2) is 0 Å². The van der Waals surface area contributed by atoms with Crippen LogP contribution in [0.15, 0.2) is 16.8 Å². The lowest BCUT2D eigenvalue weighted by molar-refractivity contribution is 0.0463. The predicted molar refractivity (Wildman–Crippen MR) is 55.1 cm³/mol. The van der Waals surface area contributed by atoms with Gasteiger partial charge in [-0.05, 0) is 42.3 Å². The third-order valence-corrected chi connectivity index (χ3v) is 3.16. The molecule has 72 valence electrons. The van der Waals surface area contributed by atoms with Crippen LogP contribution in [0.4, 0.5) is 0 Å².